The molecule has 3 aromatic rings. The molecule has 0 spiro atoms. The number of hydrogen-bond acceptors (Lipinski definition) is 3. The summed E-state index contributed by atoms with van der Waals surface area (Å²) in [6.45, 7) is 2.44. The van der Waals surface area contributed by atoms with E-state index in [4.69, 9.17) is 11.6 Å². The first kappa shape index (κ1) is 17.1. The van der Waals surface area contributed by atoms with Gasteiger partial charge in [-0.25, -0.2) is 13.1 Å². The summed E-state index contributed by atoms with van der Waals surface area (Å²) in [4.78, 5) is 4.34. The molecule has 0 aliphatic heterocycles. The van der Waals surface area contributed by atoms with Crippen molar-refractivity contribution < 1.29 is 8.42 Å². The summed E-state index contributed by atoms with van der Waals surface area (Å²) in [6.07, 6.45) is 4.78. The van der Waals surface area contributed by atoms with Gasteiger partial charge in [0, 0.05) is 39.0 Å². The fourth-order valence-electron chi connectivity index (χ4n) is 3.22. The Kier molecular flexibility index (Phi) is 4.19. The second-order valence-corrected chi connectivity index (χ2v) is 10.2. The van der Waals surface area contributed by atoms with Gasteiger partial charge in [0.25, 0.3) is 0 Å². The lowest BCUT2D eigenvalue weighted by Crippen LogP contribution is -2.31. The highest BCUT2D eigenvalue weighted by molar-refractivity contribution is 7.91. The van der Waals surface area contributed by atoms with E-state index in [-0.39, 0.29) is 5.41 Å². The number of thiophene rings is 1. The van der Waals surface area contributed by atoms with Crippen molar-refractivity contribution in [3.63, 3.8) is 0 Å². The van der Waals surface area contributed by atoms with Crippen molar-refractivity contribution in [2.45, 2.75) is 35.8 Å². The molecule has 7 heteroatoms. The van der Waals surface area contributed by atoms with Crippen LogP contribution in [0.3, 0.4) is 0 Å². The van der Waals surface area contributed by atoms with E-state index >= 15 is 0 Å². The first-order valence-corrected chi connectivity index (χ1v) is 11.0. The zero-order chi connectivity index (χ0) is 17.7. The SMILES string of the molecule is CCc1ccc(S(=O)(=O)NCC2(c3c[nH]c4ccc(Cl)cc34)CC2)s1. The molecule has 0 radical (unpaired) electrons. The number of H-pyrrole nitrogens is 1. The number of aromatic nitrogens is 1. The molecule has 4 nitrogen and oxygen atoms in total. The van der Waals surface area contributed by atoms with Crippen LogP contribution < -0.4 is 4.72 Å². The van der Waals surface area contributed by atoms with Gasteiger partial charge in [0.2, 0.25) is 10.0 Å². The minimum Gasteiger partial charge on any atom is -0.361 e. The van der Waals surface area contributed by atoms with Gasteiger partial charge in [-0.05, 0) is 55.2 Å². The van der Waals surface area contributed by atoms with Crippen molar-refractivity contribution in [3.05, 3.63) is 52.0 Å². The highest BCUT2D eigenvalue weighted by Gasteiger charge is 2.46. The molecular weight excluding hydrogens is 376 g/mol. The number of aryl methyl sites for hydroxylation is 1. The molecule has 0 saturated heterocycles. The average molecular weight is 395 g/mol. The van der Waals surface area contributed by atoms with E-state index in [1.807, 2.05) is 37.4 Å². The molecule has 25 heavy (non-hydrogen) atoms. The van der Waals surface area contributed by atoms with Crippen molar-refractivity contribution >= 4 is 43.9 Å². The third-order valence-electron chi connectivity index (χ3n) is 4.92. The smallest absolute Gasteiger partial charge is 0.250 e. The zero-order valence-corrected chi connectivity index (χ0v) is 16.2. The molecule has 0 amide bonds. The number of rotatable bonds is 6. The third kappa shape index (κ3) is 3.12. The van der Waals surface area contributed by atoms with Crippen LogP contribution in [0.2, 0.25) is 5.02 Å². The Hall–Kier alpha value is -1.34. The number of sulfonamides is 1. The Bertz CT molecular complexity index is 1030. The Labute approximate surface area is 156 Å². The molecule has 2 aromatic heterocycles. The van der Waals surface area contributed by atoms with Gasteiger partial charge in [0.05, 0.1) is 0 Å². The van der Waals surface area contributed by atoms with Gasteiger partial charge >= 0.3 is 0 Å². The lowest BCUT2D eigenvalue weighted by molar-refractivity contribution is 0.569. The number of nitrogens with one attached hydrogen (secondary N) is 2. The molecule has 1 aromatic carbocycles. The maximum Gasteiger partial charge on any atom is 0.250 e. The molecule has 2 N–H and O–H groups in total. The van der Waals surface area contributed by atoms with Gasteiger partial charge in [0.1, 0.15) is 4.21 Å². The standard InChI is InChI=1S/C18H19ClN2O2S2/c1-2-13-4-6-17(24-13)25(22,23)21-11-18(7-8-18)15-10-20-16-5-3-12(19)9-14(15)16/h3-6,9-10,20-21H,2,7-8,11H2,1H3. The first-order chi connectivity index (χ1) is 11.9. The molecule has 1 aliphatic carbocycles. The van der Waals surface area contributed by atoms with E-state index in [9.17, 15) is 8.42 Å². The summed E-state index contributed by atoms with van der Waals surface area (Å²) in [5.41, 5.74) is 2.04. The zero-order valence-electron chi connectivity index (χ0n) is 13.8. The van der Waals surface area contributed by atoms with E-state index in [0.717, 1.165) is 40.6 Å². The largest absolute Gasteiger partial charge is 0.361 e. The van der Waals surface area contributed by atoms with Crippen LogP contribution in [0.15, 0.2) is 40.7 Å². The van der Waals surface area contributed by atoms with E-state index in [1.165, 1.54) is 11.3 Å². The van der Waals surface area contributed by atoms with E-state index in [2.05, 4.69) is 9.71 Å². The molecule has 1 saturated carbocycles. The summed E-state index contributed by atoms with van der Waals surface area (Å²) in [5.74, 6) is 0. The van der Waals surface area contributed by atoms with Crippen LogP contribution in [0, 0.1) is 0 Å². The Morgan fingerprint density at radius 3 is 2.76 bits per heavy atom. The quantitative estimate of drug-likeness (QED) is 0.648. The normalized spacial score (nSPS) is 16.4. The average Bonchev–Trinajstić information content (AvgIpc) is 3.04. The Morgan fingerprint density at radius 1 is 1.28 bits per heavy atom. The number of hydrogen-bond donors (Lipinski definition) is 2. The first-order valence-electron chi connectivity index (χ1n) is 8.29. The molecule has 132 valence electrons. The van der Waals surface area contributed by atoms with Gasteiger partial charge in [-0.2, -0.15) is 0 Å². The minimum atomic E-state index is -3.46. The Morgan fingerprint density at radius 2 is 2.08 bits per heavy atom. The molecular formula is C18H19ClN2O2S2. The maximum atomic E-state index is 12.6. The van der Waals surface area contributed by atoms with Crippen molar-refractivity contribution in [2.24, 2.45) is 0 Å². The maximum absolute atomic E-state index is 12.6. The van der Waals surface area contributed by atoms with Crippen LogP contribution in [0.1, 0.15) is 30.2 Å². The fourth-order valence-corrected chi connectivity index (χ4v) is 5.86. The summed E-state index contributed by atoms with van der Waals surface area (Å²) >= 11 is 7.48. The summed E-state index contributed by atoms with van der Waals surface area (Å²) in [6, 6.07) is 9.34. The van der Waals surface area contributed by atoms with Gasteiger partial charge in [-0.15, -0.1) is 11.3 Å². The molecule has 0 bridgehead atoms. The molecule has 4 rings (SSSR count). The molecule has 1 aliphatic rings. The van der Waals surface area contributed by atoms with Crippen LogP contribution >= 0.6 is 22.9 Å². The minimum absolute atomic E-state index is 0.138. The van der Waals surface area contributed by atoms with Crippen molar-refractivity contribution in [2.75, 3.05) is 6.54 Å². The molecule has 0 atom stereocenters. The van der Waals surface area contributed by atoms with Crippen molar-refractivity contribution in [3.8, 4) is 0 Å². The van der Waals surface area contributed by atoms with Gasteiger partial charge in [0.15, 0.2) is 0 Å². The monoisotopic (exact) mass is 394 g/mol. The predicted molar refractivity (Wildman–Crippen MR) is 103 cm³/mol. The second kappa shape index (κ2) is 6.13. The number of aromatic amines is 1. The summed E-state index contributed by atoms with van der Waals surface area (Å²) in [5, 5.41) is 1.77. The van der Waals surface area contributed by atoms with Crippen LogP contribution in [-0.4, -0.2) is 19.9 Å². The molecule has 0 unspecified atom stereocenters. The summed E-state index contributed by atoms with van der Waals surface area (Å²) in [7, 11) is -3.46. The van der Waals surface area contributed by atoms with E-state index in [0.29, 0.717) is 15.8 Å². The topological polar surface area (TPSA) is 62.0 Å². The highest BCUT2D eigenvalue weighted by Crippen LogP contribution is 2.50. The van der Waals surface area contributed by atoms with E-state index < -0.39 is 10.0 Å². The number of halogens is 1. The number of fused-ring (bicyclic) bond motifs is 1. The van der Waals surface area contributed by atoms with Crippen LogP contribution in [-0.2, 0) is 21.9 Å². The third-order valence-corrected chi connectivity index (χ3v) is 8.28. The van der Waals surface area contributed by atoms with Gasteiger partial charge in [-0.3, -0.25) is 0 Å². The Balaban J connectivity index is 1.58. The lowest BCUT2D eigenvalue weighted by atomic mass is 9.96. The van der Waals surface area contributed by atoms with Crippen molar-refractivity contribution in [1.29, 1.82) is 0 Å². The van der Waals surface area contributed by atoms with Crippen LogP contribution in [0.25, 0.3) is 10.9 Å². The van der Waals surface area contributed by atoms with E-state index in [1.54, 1.807) is 6.07 Å². The van der Waals surface area contributed by atoms with Gasteiger partial charge in [-0.1, -0.05) is 18.5 Å². The van der Waals surface area contributed by atoms with Crippen LogP contribution in [0.4, 0.5) is 0 Å². The highest BCUT2D eigenvalue weighted by atomic mass is 35.5. The van der Waals surface area contributed by atoms with Crippen molar-refractivity contribution in [1.82, 2.24) is 9.71 Å². The molecule has 2 heterocycles. The lowest BCUT2D eigenvalue weighted by Gasteiger charge is -2.15. The predicted octanol–water partition coefficient (Wildman–Crippen LogP) is 4.46. The van der Waals surface area contributed by atoms with Crippen LogP contribution in [0.5, 0.6) is 0 Å². The number of benzene rings is 1. The summed E-state index contributed by atoms with van der Waals surface area (Å²) < 4.78 is 28.4. The van der Waals surface area contributed by atoms with Gasteiger partial charge < -0.3 is 4.98 Å². The fraction of sp³-hybridized carbons (Fsp3) is 0.333. The molecule has 1 fully saturated rings. The second-order valence-electron chi connectivity index (χ2n) is 6.57.